The Morgan fingerprint density at radius 2 is 1.96 bits per heavy atom. The molecule has 148 valence electrons. The molecule has 2 heterocycles. The molecule has 1 N–H and O–H groups in total. The predicted octanol–water partition coefficient (Wildman–Crippen LogP) is 4.60. The second-order valence-electron chi connectivity index (χ2n) is 6.75. The SMILES string of the molecule is CC(C)[C@@H]1COc2c(ccc3[nH]c(=O)cc(C(F)(F)F)c23)N1CC(F)(F)Cl. The van der Waals surface area contributed by atoms with Crippen LogP contribution in [0.1, 0.15) is 19.4 Å². The van der Waals surface area contributed by atoms with Crippen LogP contribution in [0.4, 0.5) is 27.6 Å². The number of ether oxygens (including phenoxy) is 1. The van der Waals surface area contributed by atoms with E-state index < -0.39 is 35.3 Å². The number of hydrogen-bond acceptors (Lipinski definition) is 3. The van der Waals surface area contributed by atoms with Gasteiger partial charge in [0.15, 0.2) is 5.75 Å². The molecule has 0 aliphatic carbocycles. The van der Waals surface area contributed by atoms with Gasteiger partial charge in [0.2, 0.25) is 5.56 Å². The Labute approximate surface area is 155 Å². The van der Waals surface area contributed by atoms with Crippen LogP contribution in [0.2, 0.25) is 0 Å². The van der Waals surface area contributed by atoms with E-state index in [2.05, 4.69) is 4.98 Å². The van der Waals surface area contributed by atoms with Crippen molar-refractivity contribution in [2.24, 2.45) is 5.92 Å². The second kappa shape index (κ2) is 6.54. The highest BCUT2D eigenvalue weighted by Crippen LogP contribution is 2.46. The third kappa shape index (κ3) is 3.83. The first-order valence-electron chi connectivity index (χ1n) is 8.12. The van der Waals surface area contributed by atoms with E-state index in [0.717, 1.165) is 0 Å². The Morgan fingerprint density at radius 1 is 1.30 bits per heavy atom. The van der Waals surface area contributed by atoms with E-state index in [1.807, 2.05) is 0 Å². The van der Waals surface area contributed by atoms with Crippen LogP contribution in [0.5, 0.6) is 5.75 Å². The maximum atomic E-state index is 13.5. The molecule has 1 aliphatic heterocycles. The third-order valence-electron chi connectivity index (χ3n) is 4.47. The van der Waals surface area contributed by atoms with Gasteiger partial charge < -0.3 is 14.6 Å². The van der Waals surface area contributed by atoms with E-state index >= 15 is 0 Å². The lowest BCUT2D eigenvalue weighted by molar-refractivity contribution is -0.136. The first-order chi connectivity index (χ1) is 12.4. The molecule has 0 bridgehead atoms. The smallest absolute Gasteiger partial charge is 0.417 e. The van der Waals surface area contributed by atoms with Crippen LogP contribution < -0.4 is 15.2 Å². The van der Waals surface area contributed by atoms with Crippen LogP contribution in [0.3, 0.4) is 0 Å². The maximum absolute atomic E-state index is 13.5. The zero-order chi connectivity index (χ0) is 20.1. The van der Waals surface area contributed by atoms with Gasteiger partial charge in [-0.05, 0) is 29.7 Å². The summed E-state index contributed by atoms with van der Waals surface area (Å²) in [6.07, 6.45) is -4.82. The van der Waals surface area contributed by atoms with Gasteiger partial charge in [0.25, 0.3) is 0 Å². The van der Waals surface area contributed by atoms with E-state index in [9.17, 15) is 26.7 Å². The highest BCUT2D eigenvalue weighted by molar-refractivity contribution is 6.22. The Bertz CT molecular complexity index is 920. The topological polar surface area (TPSA) is 45.3 Å². The molecule has 1 aliphatic rings. The fourth-order valence-corrected chi connectivity index (χ4v) is 3.43. The molecular weight excluding hydrogens is 395 g/mol. The van der Waals surface area contributed by atoms with Gasteiger partial charge in [-0.1, -0.05) is 13.8 Å². The second-order valence-corrected chi connectivity index (χ2v) is 7.30. The van der Waals surface area contributed by atoms with Crippen molar-refractivity contribution in [2.45, 2.75) is 31.4 Å². The molecular formula is C17H16ClF5N2O2. The first kappa shape index (κ1) is 19.7. The molecule has 10 heteroatoms. The summed E-state index contributed by atoms with van der Waals surface area (Å²) in [6.45, 7) is 2.60. The summed E-state index contributed by atoms with van der Waals surface area (Å²) in [4.78, 5) is 15.2. The van der Waals surface area contributed by atoms with Crippen LogP contribution in [-0.4, -0.2) is 29.6 Å². The number of pyridine rings is 1. The number of aromatic nitrogens is 1. The standard InChI is InChI=1S/C17H16ClF5N2O2/c1-8(2)12-6-27-15-11(25(12)7-16(18,19)20)4-3-10-14(15)9(17(21,22)23)5-13(26)24-10/h3-5,8,12H,6-7H2,1-2H3,(H,24,26)/t12-/m0/s1. The third-order valence-corrected chi connectivity index (χ3v) is 4.59. The molecule has 0 fully saturated rings. The van der Waals surface area contributed by atoms with Crippen molar-refractivity contribution in [3.63, 3.8) is 0 Å². The molecule has 0 spiro atoms. The first-order valence-corrected chi connectivity index (χ1v) is 8.49. The number of nitrogens with one attached hydrogen (secondary N) is 1. The van der Waals surface area contributed by atoms with Crippen LogP contribution in [0.15, 0.2) is 23.0 Å². The van der Waals surface area contributed by atoms with Crippen LogP contribution >= 0.6 is 11.6 Å². The quantitative estimate of drug-likeness (QED) is 0.594. The van der Waals surface area contributed by atoms with Crippen LogP contribution in [0, 0.1) is 5.92 Å². The monoisotopic (exact) mass is 410 g/mol. The lowest BCUT2D eigenvalue weighted by Crippen LogP contribution is -2.50. The van der Waals surface area contributed by atoms with Crippen molar-refractivity contribution < 1.29 is 26.7 Å². The zero-order valence-corrected chi connectivity index (χ0v) is 15.1. The number of benzene rings is 1. The molecule has 27 heavy (non-hydrogen) atoms. The molecule has 0 amide bonds. The minimum Gasteiger partial charge on any atom is -0.489 e. The number of alkyl halides is 6. The highest BCUT2D eigenvalue weighted by Gasteiger charge is 2.40. The molecule has 0 unspecified atom stereocenters. The van der Waals surface area contributed by atoms with Crippen molar-refractivity contribution in [1.82, 2.24) is 4.98 Å². The largest absolute Gasteiger partial charge is 0.489 e. The van der Waals surface area contributed by atoms with Crippen molar-refractivity contribution in [1.29, 1.82) is 0 Å². The average molecular weight is 411 g/mol. The molecule has 2 aromatic rings. The number of halogens is 6. The summed E-state index contributed by atoms with van der Waals surface area (Å²) in [5.41, 5.74) is -2.12. The van der Waals surface area contributed by atoms with Crippen molar-refractivity contribution in [3.05, 3.63) is 34.1 Å². The molecule has 0 radical (unpaired) electrons. The van der Waals surface area contributed by atoms with Gasteiger partial charge in [0, 0.05) is 6.07 Å². The summed E-state index contributed by atoms with van der Waals surface area (Å²) < 4.78 is 73.1. The Kier molecular flexibility index (Phi) is 4.78. The molecule has 0 saturated carbocycles. The van der Waals surface area contributed by atoms with Crippen molar-refractivity contribution >= 4 is 28.2 Å². The number of anilines is 1. The summed E-state index contributed by atoms with van der Waals surface area (Å²) >= 11 is 5.10. The number of nitrogens with zero attached hydrogens (tertiary/aromatic N) is 1. The Balaban J connectivity index is 2.29. The molecule has 0 saturated heterocycles. The molecule has 1 aromatic carbocycles. The summed E-state index contributed by atoms with van der Waals surface area (Å²) in [7, 11) is 0. The number of hydrogen-bond donors (Lipinski definition) is 1. The molecule has 1 atom stereocenters. The van der Waals surface area contributed by atoms with E-state index in [4.69, 9.17) is 16.3 Å². The van der Waals surface area contributed by atoms with Gasteiger partial charge in [0.05, 0.1) is 34.7 Å². The van der Waals surface area contributed by atoms with E-state index in [1.54, 1.807) is 13.8 Å². The summed E-state index contributed by atoms with van der Waals surface area (Å²) in [6, 6.07) is 2.53. The normalized spacial score (nSPS) is 18.0. The van der Waals surface area contributed by atoms with Gasteiger partial charge in [-0.25, -0.2) is 0 Å². The molecule has 3 rings (SSSR count). The fourth-order valence-electron chi connectivity index (χ4n) is 3.30. The van der Waals surface area contributed by atoms with Gasteiger partial charge in [-0.3, -0.25) is 4.79 Å². The van der Waals surface area contributed by atoms with Gasteiger partial charge in [0.1, 0.15) is 6.61 Å². The minimum absolute atomic E-state index is 0.0744. The van der Waals surface area contributed by atoms with Crippen molar-refractivity contribution in [3.8, 4) is 5.75 Å². The van der Waals surface area contributed by atoms with Crippen LogP contribution in [-0.2, 0) is 6.18 Å². The van der Waals surface area contributed by atoms with Crippen LogP contribution in [0.25, 0.3) is 10.9 Å². The Morgan fingerprint density at radius 3 is 2.52 bits per heavy atom. The average Bonchev–Trinajstić information content (AvgIpc) is 2.51. The maximum Gasteiger partial charge on any atom is 0.417 e. The summed E-state index contributed by atoms with van der Waals surface area (Å²) in [5, 5.41) is -3.95. The predicted molar refractivity (Wildman–Crippen MR) is 91.8 cm³/mol. The van der Waals surface area contributed by atoms with Gasteiger partial charge >= 0.3 is 11.6 Å². The number of aromatic amines is 1. The lowest BCUT2D eigenvalue weighted by atomic mass is 9.98. The molecule has 1 aromatic heterocycles. The number of rotatable bonds is 3. The van der Waals surface area contributed by atoms with Gasteiger partial charge in [-0.15, -0.1) is 0 Å². The Hall–Kier alpha value is -2.03. The van der Waals surface area contributed by atoms with E-state index in [-0.39, 0.29) is 34.9 Å². The van der Waals surface area contributed by atoms with Crippen molar-refractivity contribution in [2.75, 3.05) is 18.1 Å². The van der Waals surface area contributed by atoms with E-state index in [1.165, 1.54) is 17.0 Å². The minimum atomic E-state index is -4.82. The fraction of sp³-hybridized carbons (Fsp3) is 0.471. The lowest BCUT2D eigenvalue weighted by Gasteiger charge is -2.41. The zero-order valence-electron chi connectivity index (χ0n) is 14.3. The number of H-pyrrole nitrogens is 1. The summed E-state index contributed by atoms with van der Waals surface area (Å²) in [5.74, 6) is -0.320. The molecule has 4 nitrogen and oxygen atoms in total. The highest BCUT2D eigenvalue weighted by atomic mass is 35.5. The number of fused-ring (bicyclic) bond motifs is 3. The van der Waals surface area contributed by atoms with Gasteiger partial charge in [-0.2, -0.15) is 22.0 Å². The van der Waals surface area contributed by atoms with E-state index in [0.29, 0.717) is 6.07 Å².